The molecule has 0 heterocycles. The van der Waals surface area contributed by atoms with E-state index in [1.807, 2.05) is 6.92 Å². The highest BCUT2D eigenvalue weighted by Gasteiger charge is 2.23. The Hall–Kier alpha value is -0.570. The summed E-state index contributed by atoms with van der Waals surface area (Å²) in [4.78, 5) is 10.7. The van der Waals surface area contributed by atoms with E-state index in [1.165, 1.54) is 25.7 Å². The first kappa shape index (κ1) is 10.5. The van der Waals surface area contributed by atoms with Crippen molar-refractivity contribution in [3.63, 3.8) is 0 Å². The molecule has 1 aliphatic rings. The van der Waals surface area contributed by atoms with Gasteiger partial charge in [-0.1, -0.05) is 19.8 Å². The molecule has 0 aromatic heterocycles. The zero-order valence-corrected chi connectivity index (χ0v) is 8.42. The molecule has 3 nitrogen and oxygen atoms in total. The molecule has 0 aromatic rings. The number of carbonyl (C=O) groups is 1. The van der Waals surface area contributed by atoms with Crippen LogP contribution in [0, 0.1) is 5.92 Å². The van der Waals surface area contributed by atoms with Crippen molar-refractivity contribution in [2.24, 2.45) is 5.92 Å². The smallest absolute Gasteiger partial charge is 0.307 e. The van der Waals surface area contributed by atoms with Gasteiger partial charge in [0.1, 0.15) is 0 Å². The second-order valence-corrected chi connectivity index (χ2v) is 4.06. The number of carboxylic acid groups (broad SMARTS) is 1. The van der Waals surface area contributed by atoms with Crippen LogP contribution in [-0.4, -0.2) is 23.2 Å². The minimum absolute atomic E-state index is 0.0839. The average Bonchev–Trinajstić information content (AvgIpc) is 2.55. The van der Waals surface area contributed by atoms with E-state index < -0.39 is 5.97 Å². The second-order valence-electron chi connectivity index (χ2n) is 4.06. The maximum Gasteiger partial charge on any atom is 0.307 e. The highest BCUT2D eigenvalue weighted by atomic mass is 16.4. The Balaban J connectivity index is 2.30. The highest BCUT2D eigenvalue weighted by Crippen LogP contribution is 2.19. The molecule has 13 heavy (non-hydrogen) atoms. The van der Waals surface area contributed by atoms with Gasteiger partial charge in [-0.05, 0) is 19.8 Å². The van der Waals surface area contributed by atoms with E-state index in [0.29, 0.717) is 6.04 Å². The molecule has 2 atom stereocenters. The molecule has 2 N–H and O–H groups in total. The number of carboxylic acids is 1. The van der Waals surface area contributed by atoms with Crippen molar-refractivity contribution in [1.82, 2.24) is 5.32 Å². The van der Waals surface area contributed by atoms with Gasteiger partial charge in [0.05, 0.1) is 5.92 Å². The Kier molecular flexibility index (Phi) is 3.72. The fourth-order valence-electron chi connectivity index (χ4n) is 1.82. The van der Waals surface area contributed by atoms with Gasteiger partial charge in [-0.3, -0.25) is 4.79 Å². The normalized spacial score (nSPS) is 22.9. The fraction of sp³-hybridized carbons (Fsp3) is 0.900. The molecular formula is C10H19NO2. The molecule has 1 aliphatic carbocycles. The summed E-state index contributed by atoms with van der Waals surface area (Å²) >= 11 is 0. The minimum atomic E-state index is -0.710. The summed E-state index contributed by atoms with van der Waals surface area (Å²) in [6.07, 6.45) is 4.98. The molecule has 1 fully saturated rings. The van der Waals surface area contributed by atoms with Crippen LogP contribution < -0.4 is 5.32 Å². The molecule has 0 aliphatic heterocycles. The third kappa shape index (κ3) is 2.99. The van der Waals surface area contributed by atoms with Gasteiger partial charge in [-0.25, -0.2) is 0 Å². The molecule has 2 unspecified atom stereocenters. The topological polar surface area (TPSA) is 49.3 Å². The Morgan fingerprint density at radius 2 is 1.92 bits per heavy atom. The summed E-state index contributed by atoms with van der Waals surface area (Å²) in [5, 5.41) is 12.2. The van der Waals surface area contributed by atoms with Crippen LogP contribution in [0.25, 0.3) is 0 Å². The summed E-state index contributed by atoms with van der Waals surface area (Å²) < 4.78 is 0. The lowest BCUT2D eigenvalue weighted by atomic mass is 10.0. The quantitative estimate of drug-likeness (QED) is 0.700. The van der Waals surface area contributed by atoms with Crippen LogP contribution in [0.1, 0.15) is 39.5 Å². The Bertz CT molecular complexity index is 176. The molecule has 1 saturated carbocycles. The summed E-state index contributed by atoms with van der Waals surface area (Å²) in [6, 6.07) is 0.636. The Labute approximate surface area is 79.5 Å². The van der Waals surface area contributed by atoms with Gasteiger partial charge in [0.2, 0.25) is 0 Å². The van der Waals surface area contributed by atoms with Gasteiger partial charge in [0, 0.05) is 12.1 Å². The van der Waals surface area contributed by atoms with Crippen LogP contribution in [0.15, 0.2) is 0 Å². The average molecular weight is 185 g/mol. The van der Waals surface area contributed by atoms with E-state index >= 15 is 0 Å². The summed E-state index contributed by atoms with van der Waals surface area (Å²) in [5.74, 6) is -1.00. The predicted molar refractivity (Wildman–Crippen MR) is 51.7 cm³/mol. The first-order valence-electron chi connectivity index (χ1n) is 5.10. The minimum Gasteiger partial charge on any atom is -0.481 e. The fourth-order valence-corrected chi connectivity index (χ4v) is 1.82. The zero-order valence-electron chi connectivity index (χ0n) is 8.42. The SMILES string of the molecule is CC(NC1CCCC1)C(C)C(=O)O. The van der Waals surface area contributed by atoms with Crippen molar-refractivity contribution in [3.05, 3.63) is 0 Å². The summed E-state index contributed by atoms with van der Waals surface area (Å²) in [7, 11) is 0. The first-order valence-corrected chi connectivity index (χ1v) is 5.10. The van der Waals surface area contributed by atoms with E-state index in [-0.39, 0.29) is 12.0 Å². The zero-order chi connectivity index (χ0) is 9.84. The van der Waals surface area contributed by atoms with Crippen molar-refractivity contribution in [2.75, 3.05) is 0 Å². The standard InChI is InChI=1S/C10H19NO2/c1-7(10(12)13)8(2)11-9-5-3-4-6-9/h7-9,11H,3-6H2,1-2H3,(H,12,13). The molecule has 0 radical (unpaired) electrons. The maximum atomic E-state index is 10.7. The second kappa shape index (κ2) is 4.61. The monoisotopic (exact) mass is 185 g/mol. The van der Waals surface area contributed by atoms with Gasteiger partial charge < -0.3 is 10.4 Å². The molecule has 0 bridgehead atoms. The van der Waals surface area contributed by atoms with Crippen LogP contribution in [0.2, 0.25) is 0 Å². The molecule has 0 amide bonds. The molecule has 76 valence electrons. The molecule has 1 rings (SSSR count). The Morgan fingerprint density at radius 1 is 1.38 bits per heavy atom. The molecule has 0 saturated heterocycles. The van der Waals surface area contributed by atoms with Gasteiger partial charge in [0.15, 0.2) is 0 Å². The number of nitrogens with one attached hydrogen (secondary N) is 1. The molecular weight excluding hydrogens is 166 g/mol. The van der Waals surface area contributed by atoms with Gasteiger partial charge in [-0.15, -0.1) is 0 Å². The number of hydrogen-bond acceptors (Lipinski definition) is 2. The van der Waals surface area contributed by atoms with Gasteiger partial charge >= 0.3 is 5.97 Å². The number of aliphatic carboxylic acids is 1. The number of rotatable bonds is 4. The van der Waals surface area contributed by atoms with Crippen LogP contribution in [-0.2, 0) is 4.79 Å². The Morgan fingerprint density at radius 3 is 2.38 bits per heavy atom. The third-order valence-corrected chi connectivity index (χ3v) is 2.99. The number of hydrogen-bond donors (Lipinski definition) is 2. The van der Waals surface area contributed by atoms with Crippen LogP contribution >= 0.6 is 0 Å². The highest BCUT2D eigenvalue weighted by molar-refractivity contribution is 5.70. The lowest BCUT2D eigenvalue weighted by molar-refractivity contribution is -0.142. The van der Waals surface area contributed by atoms with Crippen molar-refractivity contribution in [3.8, 4) is 0 Å². The molecule has 0 spiro atoms. The van der Waals surface area contributed by atoms with Crippen molar-refractivity contribution in [1.29, 1.82) is 0 Å². The first-order chi connectivity index (χ1) is 6.11. The summed E-state index contributed by atoms with van der Waals surface area (Å²) in [5.41, 5.74) is 0. The van der Waals surface area contributed by atoms with Gasteiger partial charge in [-0.2, -0.15) is 0 Å². The van der Waals surface area contributed by atoms with E-state index in [2.05, 4.69) is 5.32 Å². The molecule has 3 heteroatoms. The predicted octanol–water partition coefficient (Wildman–Crippen LogP) is 1.63. The van der Waals surface area contributed by atoms with Crippen molar-refractivity contribution >= 4 is 5.97 Å². The van der Waals surface area contributed by atoms with E-state index in [9.17, 15) is 4.79 Å². The maximum absolute atomic E-state index is 10.7. The largest absolute Gasteiger partial charge is 0.481 e. The van der Waals surface area contributed by atoms with E-state index in [1.54, 1.807) is 6.92 Å². The van der Waals surface area contributed by atoms with Crippen molar-refractivity contribution in [2.45, 2.75) is 51.6 Å². The van der Waals surface area contributed by atoms with Crippen LogP contribution in [0.4, 0.5) is 0 Å². The third-order valence-electron chi connectivity index (χ3n) is 2.99. The lowest BCUT2D eigenvalue weighted by Gasteiger charge is -2.22. The van der Waals surface area contributed by atoms with Gasteiger partial charge in [0.25, 0.3) is 0 Å². The van der Waals surface area contributed by atoms with Crippen LogP contribution in [0.5, 0.6) is 0 Å². The van der Waals surface area contributed by atoms with E-state index in [0.717, 1.165) is 0 Å². The van der Waals surface area contributed by atoms with Crippen LogP contribution in [0.3, 0.4) is 0 Å². The van der Waals surface area contributed by atoms with Crippen molar-refractivity contribution < 1.29 is 9.90 Å². The lowest BCUT2D eigenvalue weighted by Crippen LogP contribution is -2.41. The summed E-state index contributed by atoms with van der Waals surface area (Å²) in [6.45, 7) is 3.71. The van der Waals surface area contributed by atoms with E-state index in [4.69, 9.17) is 5.11 Å². The molecule has 0 aromatic carbocycles.